The first kappa shape index (κ1) is 13.9. The molecule has 0 N–H and O–H groups in total. The van der Waals surface area contributed by atoms with Crippen molar-refractivity contribution in [2.24, 2.45) is 0 Å². The first-order valence-corrected chi connectivity index (χ1v) is 6.98. The standard InChI is InChI=1S/C16H9F3OS/c17-16(18,19)12-7-3-1-5-10(12)9-14-15(20)11-6-2-4-8-13(11)21-14/h1-9H/b14-9+. The number of fused-ring (bicyclic) bond motifs is 1. The lowest BCUT2D eigenvalue weighted by Crippen LogP contribution is -2.07. The van der Waals surface area contributed by atoms with Crippen LogP contribution in [0.25, 0.3) is 6.08 Å². The number of benzene rings is 2. The van der Waals surface area contributed by atoms with E-state index >= 15 is 0 Å². The summed E-state index contributed by atoms with van der Waals surface area (Å²) in [6.45, 7) is 0. The number of alkyl halides is 3. The quantitative estimate of drug-likeness (QED) is 0.687. The third-order valence-electron chi connectivity index (χ3n) is 3.13. The molecule has 0 saturated carbocycles. The Morgan fingerprint density at radius 1 is 0.952 bits per heavy atom. The summed E-state index contributed by atoms with van der Waals surface area (Å²) in [6, 6.07) is 12.3. The van der Waals surface area contributed by atoms with Gasteiger partial charge in [-0.15, -0.1) is 0 Å². The van der Waals surface area contributed by atoms with Crippen molar-refractivity contribution in [3.05, 3.63) is 70.1 Å². The fourth-order valence-corrected chi connectivity index (χ4v) is 3.20. The summed E-state index contributed by atoms with van der Waals surface area (Å²) in [5, 5.41) is 0. The van der Waals surface area contributed by atoms with Crippen LogP contribution in [0.1, 0.15) is 21.5 Å². The summed E-state index contributed by atoms with van der Waals surface area (Å²) in [4.78, 5) is 13.3. The Morgan fingerprint density at radius 3 is 2.33 bits per heavy atom. The van der Waals surface area contributed by atoms with Gasteiger partial charge in [-0.25, -0.2) is 0 Å². The monoisotopic (exact) mass is 306 g/mol. The van der Waals surface area contributed by atoms with Crippen LogP contribution >= 0.6 is 11.8 Å². The third-order valence-corrected chi connectivity index (χ3v) is 4.23. The Kier molecular flexibility index (Phi) is 3.37. The molecular weight excluding hydrogens is 297 g/mol. The largest absolute Gasteiger partial charge is 0.416 e. The van der Waals surface area contributed by atoms with Gasteiger partial charge < -0.3 is 0 Å². The number of thioether (sulfide) groups is 1. The number of halogens is 3. The molecule has 0 spiro atoms. The normalized spacial score (nSPS) is 16.3. The molecular formula is C16H9F3OS. The van der Waals surface area contributed by atoms with E-state index in [1.54, 1.807) is 24.3 Å². The van der Waals surface area contributed by atoms with Crippen molar-refractivity contribution in [2.45, 2.75) is 11.1 Å². The second kappa shape index (κ2) is 5.07. The number of carbonyl (C=O) groups excluding carboxylic acids is 1. The predicted molar refractivity (Wildman–Crippen MR) is 76.1 cm³/mol. The van der Waals surface area contributed by atoms with Crippen LogP contribution in [-0.4, -0.2) is 5.78 Å². The van der Waals surface area contributed by atoms with Crippen LogP contribution in [0.4, 0.5) is 13.2 Å². The van der Waals surface area contributed by atoms with Crippen molar-refractivity contribution in [1.29, 1.82) is 0 Å². The van der Waals surface area contributed by atoms with Crippen molar-refractivity contribution >= 4 is 23.6 Å². The van der Waals surface area contributed by atoms with Crippen molar-refractivity contribution < 1.29 is 18.0 Å². The lowest BCUT2D eigenvalue weighted by atomic mass is 10.0. The minimum absolute atomic E-state index is 0.00801. The van der Waals surface area contributed by atoms with Crippen LogP contribution < -0.4 is 0 Å². The van der Waals surface area contributed by atoms with Gasteiger partial charge in [-0.1, -0.05) is 42.1 Å². The second-order valence-electron chi connectivity index (χ2n) is 4.52. The SMILES string of the molecule is O=C1/C(=C\c2ccccc2C(F)(F)F)Sc2ccccc21. The molecule has 1 heterocycles. The molecule has 0 atom stereocenters. The maximum Gasteiger partial charge on any atom is 0.416 e. The van der Waals surface area contributed by atoms with Gasteiger partial charge in [0.15, 0.2) is 0 Å². The number of hydrogen-bond donors (Lipinski definition) is 0. The summed E-state index contributed by atoms with van der Waals surface area (Å²) in [5.74, 6) is -0.229. The zero-order valence-corrected chi connectivity index (χ0v) is 11.5. The van der Waals surface area contributed by atoms with Crippen LogP contribution in [0, 0.1) is 0 Å². The maximum atomic E-state index is 13.0. The number of allylic oxidation sites excluding steroid dienone is 1. The maximum absolute atomic E-state index is 13.0. The average molecular weight is 306 g/mol. The number of carbonyl (C=O) groups is 1. The predicted octanol–water partition coefficient (Wildman–Crippen LogP) is 5.03. The molecule has 0 bridgehead atoms. The lowest BCUT2D eigenvalue weighted by Gasteiger charge is -2.10. The number of Topliss-reactive ketones (excluding diaryl/α,β-unsaturated/α-hetero) is 1. The summed E-state index contributed by atoms with van der Waals surface area (Å²) in [5.41, 5.74) is -0.186. The Hall–Kier alpha value is -2.01. The van der Waals surface area contributed by atoms with Gasteiger partial charge in [0.25, 0.3) is 0 Å². The van der Waals surface area contributed by atoms with Crippen LogP contribution in [0.2, 0.25) is 0 Å². The van der Waals surface area contributed by atoms with Crippen molar-refractivity contribution in [3.63, 3.8) is 0 Å². The highest BCUT2D eigenvalue weighted by Gasteiger charge is 2.33. The first-order chi connectivity index (χ1) is 9.97. The molecule has 0 saturated heterocycles. The van der Waals surface area contributed by atoms with E-state index < -0.39 is 11.7 Å². The molecule has 21 heavy (non-hydrogen) atoms. The first-order valence-electron chi connectivity index (χ1n) is 6.16. The fraction of sp³-hybridized carbons (Fsp3) is 0.0625. The van der Waals surface area contributed by atoms with E-state index in [-0.39, 0.29) is 11.3 Å². The number of ketones is 1. The average Bonchev–Trinajstić information content (AvgIpc) is 2.76. The molecule has 0 amide bonds. The van der Waals surface area contributed by atoms with Gasteiger partial charge in [-0.3, -0.25) is 4.79 Å². The van der Waals surface area contributed by atoms with E-state index in [4.69, 9.17) is 0 Å². The van der Waals surface area contributed by atoms with Gasteiger partial charge in [0.05, 0.1) is 10.5 Å². The van der Waals surface area contributed by atoms with Crippen LogP contribution in [-0.2, 0) is 6.18 Å². The molecule has 0 unspecified atom stereocenters. The molecule has 1 aliphatic heterocycles. The van der Waals surface area contributed by atoms with Crippen LogP contribution in [0.5, 0.6) is 0 Å². The Labute approximate surface area is 123 Å². The highest BCUT2D eigenvalue weighted by atomic mass is 32.2. The molecule has 1 nitrogen and oxygen atoms in total. The van der Waals surface area contributed by atoms with Gasteiger partial charge in [0.1, 0.15) is 0 Å². The number of rotatable bonds is 1. The van der Waals surface area contributed by atoms with Gasteiger partial charge in [0, 0.05) is 10.5 Å². The molecule has 2 aromatic rings. The summed E-state index contributed by atoms with van der Waals surface area (Å²) in [6.07, 6.45) is -3.12. The van der Waals surface area contributed by atoms with E-state index in [0.29, 0.717) is 10.5 Å². The van der Waals surface area contributed by atoms with E-state index in [9.17, 15) is 18.0 Å². The summed E-state index contributed by atoms with van der Waals surface area (Å²) < 4.78 is 38.9. The Bertz CT molecular complexity index is 747. The summed E-state index contributed by atoms with van der Waals surface area (Å²) >= 11 is 1.20. The van der Waals surface area contributed by atoms with Gasteiger partial charge in [-0.05, 0) is 29.8 Å². The topological polar surface area (TPSA) is 17.1 Å². The molecule has 0 radical (unpaired) electrons. The van der Waals surface area contributed by atoms with E-state index in [1.165, 1.54) is 36.0 Å². The molecule has 0 fully saturated rings. The van der Waals surface area contributed by atoms with Crippen LogP contribution in [0.15, 0.2) is 58.3 Å². The second-order valence-corrected chi connectivity index (χ2v) is 5.60. The van der Waals surface area contributed by atoms with E-state index in [2.05, 4.69) is 0 Å². The van der Waals surface area contributed by atoms with Crippen molar-refractivity contribution in [3.8, 4) is 0 Å². The van der Waals surface area contributed by atoms with Gasteiger partial charge in [-0.2, -0.15) is 13.2 Å². The van der Waals surface area contributed by atoms with Crippen molar-refractivity contribution in [1.82, 2.24) is 0 Å². The Morgan fingerprint density at radius 2 is 1.62 bits per heavy atom. The summed E-state index contributed by atoms with van der Waals surface area (Å²) in [7, 11) is 0. The lowest BCUT2D eigenvalue weighted by molar-refractivity contribution is -0.137. The molecule has 0 aromatic heterocycles. The van der Waals surface area contributed by atoms with E-state index in [0.717, 1.165) is 11.0 Å². The minimum Gasteiger partial charge on any atom is -0.288 e. The highest BCUT2D eigenvalue weighted by Crippen LogP contribution is 2.42. The highest BCUT2D eigenvalue weighted by molar-refractivity contribution is 8.04. The smallest absolute Gasteiger partial charge is 0.288 e. The molecule has 5 heteroatoms. The minimum atomic E-state index is -4.44. The fourth-order valence-electron chi connectivity index (χ4n) is 2.16. The zero-order valence-electron chi connectivity index (χ0n) is 10.6. The number of hydrogen-bond acceptors (Lipinski definition) is 2. The van der Waals surface area contributed by atoms with E-state index in [1.807, 2.05) is 0 Å². The molecule has 3 rings (SSSR count). The molecule has 1 aliphatic rings. The molecule has 106 valence electrons. The molecule has 0 aliphatic carbocycles. The van der Waals surface area contributed by atoms with Gasteiger partial charge >= 0.3 is 6.18 Å². The van der Waals surface area contributed by atoms with Gasteiger partial charge in [0.2, 0.25) is 5.78 Å². The van der Waals surface area contributed by atoms with Crippen LogP contribution in [0.3, 0.4) is 0 Å². The molecule has 2 aromatic carbocycles. The third kappa shape index (κ3) is 2.61. The van der Waals surface area contributed by atoms with Crippen molar-refractivity contribution in [2.75, 3.05) is 0 Å². The zero-order chi connectivity index (χ0) is 15.0. The Balaban J connectivity index is 2.04.